The Hall–Kier alpha value is -0.640. The largest absolute Gasteiger partial charge is 0.312 e. The van der Waals surface area contributed by atoms with Crippen molar-refractivity contribution in [2.24, 2.45) is 5.92 Å². The molecule has 1 heterocycles. The Morgan fingerprint density at radius 1 is 1.32 bits per heavy atom. The Morgan fingerprint density at radius 3 is 2.89 bits per heavy atom. The van der Waals surface area contributed by atoms with Crippen molar-refractivity contribution in [3.05, 3.63) is 34.6 Å². The summed E-state index contributed by atoms with van der Waals surface area (Å²) in [5, 5.41) is 3.87. The van der Waals surface area contributed by atoms with Crippen molar-refractivity contribution in [1.29, 1.82) is 0 Å². The Balaban J connectivity index is 1.45. The number of hydrogen-bond acceptors (Lipinski definition) is 2. The van der Waals surface area contributed by atoms with E-state index in [1.807, 2.05) is 0 Å². The van der Waals surface area contributed by atoms with Crippen molar-refractivity contribution >= 4 is 11.6 Å². The van der Waals surface area contributed by atoms with Gasteiger partial charge in [-0.2, -0.15) is 0 Å². The first-order valence-electron chi connectivity index (χ1n) is 7.11. The summed E-state index contributed by atoms with van der Waals surface area (Å²) in [6.07, 6.45) is 4.02. The van der Waals surface area contributed by atoms with Gasteiger partial charge in [-0.1, -0.05) is 17.7 Å². The highest BCUT2D eigenvalue weighted by Gasteiger charge is 2.33. The molecule has 3 rings (SSSR count). The van der Waals surface area contributed by atoms with Crippen LogP contribution in [0.15, 0.2) is 18.2 Å². The highest BCUT2D eigenvalue weighted by Crippen LogP contribution is 2.31. The van der Waals surface area contributed by atoms with Gasteiger partial charge in [-0.25, -0.2) is 4.39 Å². The molecular formula is C15H20ClFN2. The molecule has 0 amide bonds. The number of nitrogens with one attached hydrogen (secondary N) is 1. The van der Waals surface area contributed by atoms with Crippen LogP contribution in [0.2, 0.25) is 5.02 Å². The summed E-state index contributed by atoms with van der Waals surface area (Å²) in [5.41, 5.74) is 0.584. The molecule has 0 bridgehead atoms. The maximum atomic E-state index is 13.6. The SMILES string of the molecule is Fc1cccc(Cl)c1CNCC1CCN(C2CC2)C1. The summed E-state index contributed by atoms with van der Waals surface area (Å²) in [5.74, 6) is 0.483. The topological polar surface area (TPSA) is 15.3 Å². The van der Waals surface area contributed by atoms with E-state index in [2.05, 4.69) is 10.2 Å². The second-order valence-corrected chi connectivity index (χ2v) is 6.12. The van der Waals surface area contributed by atoms with Crippen molar-refractivity contribution in [2.45, 2.75) is 31.8 Å². The first-order chi connectivity index (χ1) is 9.24. The molecular weight excluding hydrogens is 263 g/mol. The van der Waals surface area contributed by atoms with Gasteiger partial charge in [0.1, 0.15) is 5.82 Å². The second-order valence-electron chi connectivity index (χ2n) is 5.71. The molecule has 104 valence electrons. The maximum absolute atomic E-state index is 13.6. The van der Waals surface area contributed by atoms with Gasteiger partial charge in [-0.05, 0) is 50.4 Å². The Kier molecular flexibility index (Phi) is 4.06. The van der Waals surface area contributed by atoms with Crippen molar-refractivity contribution in [3.8, 4) is 0 Å². The molecule has 1 N–H and O–H groups in total. The monoisotopic (exact) mass is 282 g/mol. The van der Waals surface area contributed by atoms with Gasteiger partial charge in [-0.3, -0.25) is 0 Å². The van der Waals surface area contributed by atoms with Crippen LogP contribution in [0, 0.1) is 11.7 Å². The van der Waals surface area contributed by atoms with Crippen LogP contribution in [0.5, 0.6) is 0 Å². The second kappa shape index (κ2) is 5.78. The van der Waals surface area contributed by atoms with E-state index in [0.717, 1.165) is 12.6 Å². The fraction of sp³-hybridized carbons (Fsp3) is 0.600. The van der Waals surface area contributed by atoms with Gasteiger partial charge in [0.05, 0.1) is 0 Å². The zero-order chi connectivity index (χ0) is 13.2. The number of rotatable bonds is 5. The summed E-state index contributed by atoms with van der Waals surface area (Å²) in [4.78, 5) is 2.60. The number of likely N-dealkylation sites (tertiary alicyclic amines) is 1. The van der Waals surface area contributed by atoms with Gasteiger partial charge in [0.2, 0.25) is 0 Å². The summed E-state index contributed by atoms with van der Waals surface area (Å²) < 4.78 is 13.6. The maximum Gasteiger partial charge on any atom is 0.129 e. The molecule has 1 saturated carbocycles. The summed E-state index contributed by atoms with van der Waals surface area (Å²) in [6.45, 7) is 3.90. The minimum Gasteiger partial charge on any atom is -0.312 e. The molecule has 0 aromatic heterocycles. The lowest BCUT2D eigenvalue weighted by Crippen LogP contribution is -2.27. The predicted octanol–water partition coefficient (Wildman–Crippen LogP) is 3.05. The lowest BCUT2D eigenvalue weighted by Gasteiger charge is -2.15. The zero-order valence-electron chi connectivity index (χ0n) is 11.0. The van der Waals surface area contributed by atoms with Gasteiger partial charge < -0.3 is 10.2 Å². The first-order valence-corrected chi connectivity index (χ1v) is 7.49. The van der Waals surface area contributed by atoms with E-state index >= 15 is 0 Å². The van der Waals surface area contributed by atoms with Crippen LogP contribution in [0.4, 0.5) is 4.39 Å². The summed E-state index contributed by atoms with van der Waals surface area (Å²) in [7, 11) is 0. The molecule has 1 unspecified atom stereocenters. The Bertz CT molecular complexity index is 428. The van der Waals surface area contributed by atoms with E-state index in [-0.39, 0.29) is 5.82 Å². The van der Waals surface area contributed by atoms with Crippen LogP contribution in [0.25, 0.3) is 0 Å². The normalized spacial score (nSPS) is 24.0. The molecule has 4 heteroatoms. The van der Waals surface area contributed by atoms with Gasteiger partial charge >= 0.3 is 0 Å². The molecule has 1 aliphatic heterocycles. The predicted molar refractivity (Wildman–Crippen MR) is 75.8 cm³/mol. The minimum atomic E-state index is -0.217. The molecule has 0 spiro atoms. The van der Waals surface area contributed by atoms with E-state index in [1.165, 1.54) is 38.4 Å². The fourth-order valence-electron chi connectivity index (χ4n) is 2.90. The molecule has 1 aromatic rings. The number of benzene rings is 1. The molecule has 1 atom stereocenters. The first kappa shape index (κ1) is 13.3. The van der Waals surface area contributed by atoms with Crippen molar-refractivity contribution in [1.82, 2.24) is 10.2 Å². The van der Waals surface area contributed by atoms with Gasteiger partial charge in [0, 0.05) is 29.7 Å². The van der Waals surface area contributed by atoms with Crippen LogP contribution < -0.4 is 5.32 Å². The van der Waals surface area contributed by atoms with Gasteiger partial charge in [-0.15, -0.1) is 0 Å². The van der Waals surface area contributed by atoms with E-state index in [0.29, 0.717) is 23.0 Å². The lowest BCUT2D eigenvalue weighted by atomic mass is 10.1. The molecule has 1 saturated heterocycles. The van der Waals surface area contributed by atoms with Crippen LogP contribution in [-0.4, -0.2) is 30.6 Å². The van der Waals surface area contributed by atoms with E-state index < -0.39 is 0 Å². The minimum absolute atomic E-state index is 0.217. The Labute approximate surface area is 118 Å². The van der Waals surface area contributed by atoms with E-state index in [1.54, 1.807) is 12.1 Å². The average Bonchev–Trinajstić information content (AvgIpc) is 3.13. The number of hydrogen-bond donors (Lipinski definition) is 1. The van der Waals surface area contributed by atoms with Crippen molar-refractivity contribution < 1.29 is 4.39 Å². The van der Waals surface area contributed by atoms with Crippen molar-refractivity contribution in [3.63, 3.8) is 0 Å². The number of nitrogens with zero attached hydrogens (tertiary/aromatic N) is 1. The third-order valence-electron chi connectivity index (χ3n) is 4.18. The van der Waals surface area contributed by atoms with Crippen LogP contribution in [0.1, 0.15) is 24.8 Å². The molecule has 19 heavy (non-hydrogen) atoms. The summed E-state index contributed by atoms with van der Waals surface area (Å²) in [6, 6.07) is 5.72. The average molecular weight is 283 g/mol. The molecule has 0 radical (unpaired) electrons. The standard InChI is InChI=1S/C15H20ClFN2/c16-14-2-1-3-15(17)13(14)9-18-8-11-6-7-19(10-11)12-4-5-12/h1-3,11-12,18H,4-10H2. The fourth-order valence-corrected chi connectivity index (χ4v) is 3.13. The smallest absolute Gasteiger partial charge is 0.129 e. The number of halogens is 2. The van der Waals surface area contributed by atoms with E-state index in [4.69, 9.17) is 11.6 Å². The molecule has 2 aliphatic rings. The van der Waals surface area contributed by atoms with Crippen LogP contribution in [-0.2, 0) is 6.54 Å². The van der Waals surface area contributed by atoms with E-state index in [9.17, 15) is 4.39 Å². The third-order valence-corrected chi connectivity index (χ3v) is 4.53. The van der Waals surface area contributed by atoms with Crippen molar-refractivity contribution in [2.75, 3.05) is 19.6 Å². The van der Waals surface area contributed by atoms with Crippen LogP contribution in [0.3, 0.4) is 0 Å². The van der Waals surface area contributed by atoms with Gasteiger partial charge in [0.15, 0.2) is 0 Å². The molecule has 2 fully saturated rings. The molecule has 1 aliphatic carbocycles. The third kappa shape index (κ3) is 3.28. The molecule has 1 aromatic carbocycles. The lowest BCUT2D eigenvalue weighted by molar-refractivity contribution is 0.311. The zero-order valence-corrected chi connectivity index (χ0v) is 11.8. The van der Waals surface area contributed by atoms with Crippen LogP contribution >= 0.6 is 11.6 Å². The highest BCUT2D eigenvalue weighted by atomic mass is 35.5. The molecule has 2 nitrogen and oxygen atoms in total. The highest BCUT2D eigenvalue weighted by molar-refractivity contribution is 6.31. The summed E-state index contributed by atoms with van der Waals surface area (Å²) >= 11 is 6.01. The Morgan fingerprint density at radius 2 is 2.16 bits per heavy atom. The van der Waals surface area contributed by atoms with Gasteiger partial charge in [0.25, 0.3) is 0 Å². The quantitative estimate of drug-likeness (QED) is 0.893.